The number of rotatable bonds is 2. The number of amides is 1. The van der Waals surface area contributed by atoms with Crippen molar-refractivity contribution in [3.05, 3.63) is 23.8 Å². The molecule has 0 radical (unpaired) electrons. The van der Waals surface area contributed by atoms with Gasteiger partial charge in [-0.1, -0.05) is 12.5 Å². The molecule has 1 saturated heterocycles. The van der Waals surface area contributed by atoms with Crippen molar-refractivity contribution in [3.63, 3.8) is 0 Å². The van der Waals surface area contributed by atoms with Crippen LogP contribution in [0.5, 0.6) is 11.5 Å². The first-order chi connectivity index (χ1) is 10.0. The SMILES string of the molecule is O=C(O)C1C2CCCC2CN1C(=O)c1cccc(O)c1O. The van der Waals surface area contributed by atoms with Crippen LogP contribution in [0.2, 0.25) is 0 Å². The number of carboxylic acid groups (broad SMARTS) is 1. The van der Waals surface area contributed by atoms with Crippen LogP contribution in [0.25, 0.3) is 0 Å². The molecular weight excluding hydrogens is 274 g/mol. The molecule has 3 rings (SSSR count). The Kier molecular flexibility index (Phi) is 3.23. The summed E-state index contributed by atoms with van der Waals surface area (Å²) in [6.45, 7) is 0.398. The van der Waals surface area contributed by atoms with Crippen molar-refractivity contribution in [2.45, 2.75) is 25.3 Å². The predicted octanol–water partition coefficient (Wildman–Crippen LogP) is 1.42. The highest BCUT2D eigenvalue weighted by Gasteiger charge is 2.49. The van der Waals surface area contributed by atoms with Crippen molar-refractivity contribution in [3.8, 4) is 11.5 Å². The number of para-hydroxylation sites is 1. The first kappa shape index (κ1) is 13.7. The highest BCUT2D eigenvalue weighted by molar-refractivity contribution is 6.00. The standard InChI is InChI=1S/C15H17NO5/c17-11-6-2-5-10(13(11)18)14(19)16-7-8-3-1-4-9(8)12(16)15(20)21/h2,5-6,8-9,12,17-18H,1,3-4,7H2,(H,20,21). The Hall–Kier alpha value is -2.24. The van der Waals surface area contributed by atoms with Crippen LogP contribution < -0.4 is 0 Å². The van der Waals surface area contributed by atoms with Crippen LogP contribution in [0.1, 0.15) is 29.6 Å². The Labute approximate surface area is 121 Å². The summed E-state index contributed by atoms with van der Waals surface area (Å²) < 4.78 is 0. The fraction of sp³-hybridized carbons (Fsp3) is 0.467. The molecule has 2 aliphatic rings. The molecule has 6 heteroatoms. The monoisotopic (exact) mass is 291 g/mol. The number of nitrogens with zero attached hydrogens (tertiary/aromatic N) is 1. The number of benzene rings is 1. The first-order valence-electron chi connectivity index (χ1n) is 7.05. The topological polar surface area (TPSA) is 98.1 Å². The van der Waals surface area contributed by atoms with Gasteiger partial charge in [-0.25, -0.2) is 4.79 Å². The maximum Gasteiger partial charge on any atom is 0.326 e. The van der Waals surface area contributed by atoms with Crippen LogP contribution in [-0.4, -0.2) is 44.7 Å². The molecule has 6 nitrogen and oxygen atoms in total. The van der Waals surface area contributed by atoms with Gasteiger partial charge in [0.15, 0.2) is 11.5 Å². The van der Waals surface area contributed by atoms with Crippen LogP contribution >= 0.6 is 0 Å². The molecule has 0 aromatic heterocycles. The van der Waals surface area contributed by atoms with E-state index in [0.717, 1.165) is 19.3 Å². The zero-order valence-electron chi connectivity index (χ0n) is 11.4. The highest BCUT2D eigenvalue weighted by Crippen LogP contribution is 2.43. The summed E-state index contributed by atoms with van der Waals surface area (Å²) in [5, 5.41) is 28.7. The lowest BCUT2D eigenvalue weighted by molar-refractivity contribution is -0.142. The van der Waals surface area contributed by atoms with Crippen molar-refractivity contribution in [1.82, 2.24) is 4.90 Å². The fourth-order valence-electron chi connectivity index (χ4n) is 3.69. The molecule has 1 amide bonds. The molecule has 1 aliphatic carbocycles. The minimum absolute atomic E-state index is 0.00842. The number of fused-ring (bicyclic) bond motifs is 1. The van der Waals surface area contributed by atoms with Gasteiger partial charge in [-0.3, -0.25) is 4.79 Å². The van der Waals surface area contributed by atoms with E-state index in [-0.39, 0.29) is 23.1 Å². The van der Waals surface area contributed by atoms with E-state index in [1.54, 1.807) is 0 Å². The van der Waals surface area contributed by atoms with Crippen molar-refractivity contribution in [2.24, 2.45) is 11.8 Å². The third-order valence-electron chi connectivity index (χ3n) is 4.65. The normalized spacial score (nSPS) is 27.6. The maximum atomic E-state index is 12.6. The van der Waals surface area contributed by atoms with Crippen LogP contribution in [-0.2, 0) is 4.79 Å². The van der Waals surface area contributed by atoms with Gasteiger partial charge in [-0.2, -0.15) is 0 Å². The number of carbonyl (C=O) groups excluding carboxylic acids is 1. The molecule has 1 heterocycles. The summed E-state index contributed by atoms with van der Waals surface area (Å²) in [5.74, 6) is -2.21. The second-order valence-electron chi connectivity index (χ2n) is 5.77. The quantitative estimate of drug-likeness (QED) is 0.716. The van der Waals surface area contributed by atoms with E-state index in [9.17, 15) is 24.9 Å². The lowest BCUT2D eigenvalue weighted by atomic mass is 9.94. The van der Waals surface area contributed by atoms with Gasteiger partial charge in [0.25, 0.3) is 5.91 Å². The summed E-state index contributed by atoms with van der Waals surface area (Å²) in [5.41, 5.74) is -0.0544. The number of carboxylic acids is 1. The Bertz CT molecular complexity index is 600. The molecule has 1 aromatic carbocycles. The lowest BCUT2D eigenvalue weighted by Gasteiger charge is -2.24. The molecule has 21 heavy (non-hydrogen) atoms. The molecule has 0 spiro atoms. The molecule has 3 atom stereocenters. The van der Waals surface area contributed by atoms with Crippen LogP contribution in [0.15, 0.2) is 18.2 Å². The minimum Gasteiger partial charge on any atom is -0.504 e. The van der Waals surface area contributed by atoms with Crippen molar-refractivity contribution in [2.75, 3.05) is 6.54 Å². The van der Waals surface area contributed by atoms with E-state index in [1.807, 2.05) is 0 Å². The number of aliphatic carboxylic acids is 1. The Balaban J connectivity index is 1.93. The van der Waals surface area contributed by atoms with Gasteiger partial charge in [0.1, 0.15) is 6.04 Å². The number of carbonyl (C=O) groups is 2. The summed E-state index contributed by atoms with van der Waals surface area (Å²) >= 11 is 0. The van der Waals surface area contributed by atoms with E-state index in [1.165, 1.54) is 23.1 Å². The van der Waals surface area contributed by atoms with Gasteiger partial charge in [0, 0.05) is 6.54 Å². The van der Waals surface area contributed by atoms with Crippen molar-refractivity contribution in [1.29, 1.82) is 0 Å². The second-order valence-corrected chi connectivity index (χ2v) is 5.77. The maximum absolute atomic E-state index is 12.6. The molecule has 1 saturated carbocycles. The third kappa shape index (κ3) is 2.11. The van der Waals surface area contributed by atoms with E-state index >= 15 is 0 Å². The van der Waals surface area contributed by atoms with Crippen molar-refractivity contribution >= 4 is 11.9 Å². The van der Waals surface area contributed by atoms with Gasteiger partial charge in [0.2, 0.25) is 0 Å². The summed E-state index contributed by atoms with van der Waals surface area (Å²) in [7, 11) is 0. The lowest BCUT2D eigenvalue weighted by Crippen LogP contribution is -2.43. The zero-order valence-corrected chi connectivity index (χ0v) is 11.4. The number of phenolic OH excluding ortho intramolecular Hbond substituents is 2. The van der Waals surface area contributed by atoms with Crippen LogP contribution in [0.4, 0.5) is 0 Å². The van der Waals surface area contributed by atoms with Crippen LogP contribution in [0.3, 0.4) is 0 Å². The fourth-order valence-corrected chi connectivity index (χ4v) is 3.69. The molecule has 1 aromatic rings. The molecule has 3 unspecified atom stereocenters. The van der Waals surface area contributed by atoms with Gasteiger partial charge in [-0.15, -0.1) is 0 Å². The van der Waals surface area contributed by atoms with Crippen LogP contribution in [0, 0.1) is 11.8 Å². The highest BCUT2D eigenvalue weighted by atomic mass is 16.4. The van der Waals surface area contributed by atoms with Crippen molar-refractivity contribution < 1.29 is 24.9 Å². The number of phenols is 2. The Morgan fingerprint density at radius 2 is 1.95 bits per heavy atom. The zero-order chi connectivity index (χ0) is 15.1. The number of hydrogen-bond donors (Lipinski definition) is 3. The third-order valence-corrected chi connectivity index (χ3v) is 4.65. The van der Waals surface area contributed by atoms with Gasteiger partial charge in [0.05, 0.1) is 5.56 Å². The molecule has 3 N–H and O–H groups in total. The Morgan fingerprint density at radius 3 is 2.67 bits per heavy atom. The summed E-state index contributed by atoms with van der Waals surface area (Å²) in [4.78, 5) is 25.4. The molecular formula is C15H17NO5. The minimum atomic E-state index is -1.00. The summed E-state index contributed by atoms with van der Waals surface area (Å²) in [6.07, 6.45) is 2.75. The predicted molar refractivity (Wildman–Crippen MR) is 73.1 cm³/mol. The summed E-state index contributed by atoms with van der Waals surface area (Å²) in [6, 6.07) is 3.28. The van der Waals surface area contributed by atoms with Gasteiger partial charge >= 0.3 is 5.97 Å². The molecule has 0 bridgehead atoms. The van der Waals surface area contributed by atoms with Gasteiger partial charge in [-0.05, 0) is 36.8 Å². The Morgan fingerprint density at radius 1 is 1.19 bits per heavy atom. The molecule has 2 fully saturated rings. The molecule has 1 aliphatic heterocycles. The first-order valence-corrected chi connectivity index (χ1v) is 7.05. The number of likely N-dealkylation sites (tertiary alicyclic amines) is 1. The van der Waals surface area contributed by atoms with Gasteiger partial charge < -0.3 is 20.2 Å². The number of hydrogen-bond acceptors (Lipinski definition) is 4. The average molecular weight is 291 g/mol. The molecule has 112 valence electrons. The smallest absolute Gasteiger partial charge is 0.326 e. The van der Waals surface area contributed by atoms with E-state index in [0.29, 0.717) is 6.54 Å². The van der Waals surface area contributed by atoms with E-state index in [4.69, 9.17) is 0 Å². The average Bonchev–Trinajstić information content (AvgIpc) is 3.00. The van der Waals surface area contributed by atoms with E-state index in [2.05, 4.69) is 0 Å². The van der Waals surface area contributed by atoms with E-state index < -0.39 is 23.7 Å². The largest absolute Gasteiger partial charge is 0.504 e. The second kappa shape index (κ2) is 4.95. The number of aromatic hydroxyl groups is 2.